The number of rotatable bonds is 10. The number of nitrogens with two attached hydrogens (primary N) is 1. The van der Waals surface area contributed by atoms with Crippen LogP contribution >= 0.6 is 34.7 Å². The van der Waals surface area contributed by atoms with Gasteiger partial charge in [0.15, 0.2) is 5.16 Å². The quantitative estimate of drug-likeness (QED) is 0.465. The Balaban J connectivity index is 1.64. The first-order valence-electron chi connectivity index (χ1n) is 9.41. The van der Waals surface area contributed by atoms with Gasteiger partial charge in [-0.3, -0.25) is 4.79 Å². The molecule has 29 heavy (non-hydrogen) atoms. The second kappa shape index (κ2) is 10.2. The molecule has 154 valence electrons. The molecule has 0 aliphatic rings. The Kier molecular flexibility index (Phi) is 7.69. The number of thioether (sulfide) groups is 1. The standard InChI is InChI=1S/C20H24ClN5OS2/c1-13(2)10-26-18(8-7-17(22)27)24-25-20(26)29-12-16-11-28-19(23-16)9-14-3-5-15(21)6-4-14/h3-6,11,13H,7-10,12H2,1-2H3,(H2,22,27). The molecule has 0 unspecified atom stereocenters. The Labute approximate surface area is 183 Å². The zero-order chi connectivity index (χ0) is 20.8. The van der Waals surface area contributed by atoms with Gasteiger partial charge in [-0.05, 0) is 23.6 Å². The molecular formula is C20H24ClN5OS2. The second-order valence-electron chi connectivity index (χ2n) is 7.19. The van der Waals surface area contributed by atoms with Crippen molar-refractivity contribution in [2.45, 2.75) is 50.6 Å². The van der Waals surface area contributed by atoms with Crippen molar-refractivity contribution in [1.29, 1.82) is 0 Å². The van der Waals surface area contributed by atoms with Crippen LogP contribution in [0.1, 0.15) is 42.4 Å². The fourth-order valence-corrected chi connectivity index (χ4v) is 4.72. The molecule has 0 aliphatic carbocycles. The van der Waals surface area contributed by atoms with Gasteiger partial charge in [0.1, 0.15) is 5.82 Å². The number of nitrogens with zero attached hydrogens (tertiary/aromatic N) is 4. The maximum absolute atomic E-state index is 11.1. The molecular weight excluding hydrogens is 426 g/mol. The van der Waals surface area contributed by atoms with Crippen LogP contribution in [-0.4, -0.2) is 25.7 Å². The minimum Gasteiger partial charge on any atom is -0.370 e. The molecule has 0 saturated carbocycles. The van der Waals surface area contributed by atoms with Gasteiger partial charge in [-0.1, -0.05) is 49.3 Å². The van der Waals surface area contributed by atoms with Crippen molar-refractivity contribution in [3.05, 3.63) is 56.8 Å². The van der Waals surface area contributed by atoms with E-state index in [1.54, 1.807) is 23.1 Å². The predicted molar refractivity (Wildman–Crippen MR) is 118 cm³/mol. The topological polar surface area (TPSA) is 86.7 Å². The Bertz CT molecular complexity index is 952. The van der Waals surface area contributed by atoms with Crippen molar-refractivity contribution in [2.75, 3.05) is 0 Å². The molecule has 1 amide bonds. The molecule has 0 fully saturated rings. The van der Waals surface area contributed by atoms with E-state index < -0.39 is 0 Å². The lowest BCUT2D eigenvalue weighted by atomic mass is 10.2. The van der Waals surface area contributed by atoms with Gasteiger partial charge in [-0.15, -0.1) is 21.5 Å². The summed E-state index contributed by atoms with van der Waals surface area (Å²) in [5, 5.41) is 13.4. The van der Waals surface area contributed by atoms with Gasteiger partial charge in [0, 0.05) is 42.0 Å². The van der Waals surface area contributed by atoms with E-state index in [0.717, 1.165) is 45.4 Å². The summed E-state index contributed by atoms with van der Waals surface area (Å²) in [6.45, 7) is 5.11. The maximum atomic E-state index is 11.1. The summed E-state index contributed by atoms with van der Waals surface area (Å²) < 4.78 is 2.10. The van der Waals surface area contributed by atoms with E-state index in [1.807, 2.05) is 24.3 Å². The van der Waals surface area contributed by atoms with Crippen LogP contribution in [0, 0.1) is 5.92 Å². The zero-order valence-corrected chi connectivity index (χ0v) is 18.9. The first-order valence-corrected chi connectivity index (χ1v) is 11.7. The van der Waals surface area contributed by atoms with Gasteiger partial charge in [0.05, 0.1) is 10.7 Å². The third kappa shape index (κ3) is 6.55. The van der Waals surface area contributed by atoms with Crippen LogP contribution in [0.15, 0.2) is 34.8 Å². The van der Waals surface area contributed by atoms with Crippen LogP contribution in [0.4, 0.5) is 0 Å². The van der Waals surface area contributed by atoms with Crippen molar-refractivity contribution in [1.82, 2.24) is 19.7 Å². The third-order valence-electron chi connectivity index (χ3n) is 4.15. The van der Waals surface area contributed by atoms with Crippen LogP contribution in [0.25, 0.3) is 0 Å². The number of hydrogen-bond donors (Lipinski definition) is 1. The van der Waals surface area contributed by atoms with Gasteiger partial charge in [0.25, 0.3) is 0 Å². The van der Waals surface area contributed by atoms with Gasteiger partial charge in [0.2, 0.25) is 5.91 Å². The Morgan fingerprint density at radius 2 is 2.03 bits per heavy atom. The number of carbonyl (C=O) groups is 1. The fraction of sp³-hybridized carbons (Fsp3) is 0.400. The maximum Gasteiger partial charge on any atom is 0.217 e. The summed E-state index contributed by atoms with van der Waals surface area (Å²) in [7, 11) is 0. The van der Waals surface area contributed by atoms with Gasteiger partial charge in [-0.2, -0.15) is 0 Å². The van der Waals surface area contributed by atoms with Gasteiger partial charge < -0.3 is 10.3 Å². The number of hydrogen-bond acceptors (Lipinski definition) is 6. The average molecular weight is 450 g/mol. The molecule has 0 bridgehead atoms. The van der Waals surface area contributed by atoms with Crippen molar-refractivity contribution in [2.24, 2.45) is 11.7 Å². The highest BCUT2D eigenvalue weighted by Gasteiger charge is 2.15. The molecule has 6 nitrogen and oxygen atoms in total. The number of amides is 1. The number of halogens is 1. The molecule has 2 heterocycles. The average Bonchev–Trinajstić information content (AvgIpc) is 3.26. The summed E-state index contributed by atoms with van der Waals surface area (Å²) in [5.41, 5.74) is 7.51. The molecule has 2 N–H and O–H groups in total. The van der Waals surface area contributed by atoms with Crippen LogP contribution in [0.2, 0.25) is 5.02 Å². The molecule has 0 radical (unpaired) electrons. The molecule has 1 aromatic carbocycles. The van der Waals surface area contributed by atoms with E-state index in [1.165, 1.54) is 5.56 Å². The van der Waals surface area contributed by atoms with Crippen LogP contribution in [0.5, 0.6) is 0 Å². The fourth-order valence-electron chi connectivity index (χ4n) is 2.81. The Hall–Kier alpha value is -1.90. The summed E-state index contributed by atoms with van der Waals surface area (Å²) in [6.07, 6.45) is 1.59. The first kappa shape index (κ1) is 21.8. The van der Waals surface area contributed by atoms with Crippen molar-refractivity contribution in [3.8, 4) is 0 Å². The zero-order valence-electron chi connectivity index (χ0n) is 16.5. The summed E-state index contributed by atoms with van der Waals surface area (Å²) in [6, 6.07) is 7.86. The summed E-state index contributed by atoms with van der Waals surface area (Å²) in [4.78, 5) is 15.9. The number of benzene rings is 1. The number of primary amides is 1. The van der Waals surface area contributed by atoms with E-state index >= 15 is 0 Å². The molecule has 0 aliphatic heterocycles. The number of carbonyl (C=O) groups excluding carboxylic acids is 1. The minimum atomic E-state index is -0.325. The van der Waals surface area contributed by atoms with Crippen LogP contribution < -0.4 is 5.73 Å². The number of aromatic nitrogens is 4. The molecule has 2 aromatic heterocycles. The molecule has 3 rings (SSSR count). The van der Waals surface area contributed by atoms with E-state index in [2.05, 4.69) is 34.0 Å². The smallest absolute Gasteiger partial charge is 0.217 e. The Morgan fingerprint density at radius 3 is 2.72 bits per heavy atom. The van der Waals surface area contributed by atoms with Crippen LogP contribution in [-0.2, 0) is 29.9 Å². The van der Waals surface area contributed by atoms with E-state index in [-0.39, 0.29) is 12.3 Å². The monoisotopic (exact) mass is 449 g/mol. The van der Waals surface area contributed by atoms with Crippen molar-refractivity contribution >= 4 is 40.6 Å². The Morgan fingerprint density at radius 1 is 1.28 bits per heavy atom. The normalized spacial score (nSPS) is 11.3. The minimum absolute atomic E-state index is 0.279. The van der Waals surface area contributed by atoms with E-state index in [0.29, 0.717) is 12.3 Å². The predicted octanol–water partition coefficient (Wildman–Crippen LogP) is 4.35. The molecule has 9 heteroatoms. The number of aryl methyl sites for hydroxylation is 1. The highest BCUT2D eigenvalue weighted by molar-refractivity contribution is 7.98. The van der Waals surface area contributed by atoms with Gasteiger partial charge in [-0.25, -0.2) is 4.98 Å². The third-order valence-corrected chi connectivity index (χ3v) is 6.30. The summed E-state index contributed by atoms with van der Waals surface area (Å²) in [5.74, 6) is 1.65. The largest absolute Gasteiger partial charge is 0.370 e. The van der Waals surface area contributed by atoms with Crippen LogP contribution in [0.3, 0.4) is 0 Å². The van der Waals surface area contributed by atoms with Crippen molar-refractivity contribution < 1.29 is 4.79 Å². The van der Waals surface area contributed by atoms with Gasteiger partial charge >= 0.3 is 0 Å². The van der Waals surface area contributed by atoms with E-state index in [4.69, 9.17) is 22.3 Å². The van der Waals surface area contributed by atoms with E-state index in [9.17, 15) is 4.79 Å². The lowest BCUT2D eigenvalue weighted by Gasteiger charge is -2.11. The molecule has 3 aromatic rings. The summed E-state index contributed by atoms with van der Waals surface area (Å²) >= 11 is 9.23. The SMILES string of the molecule is CC(C)Cn1c(CCC(N)=O)nnc1SCc1csc(Cc2ccc(Cl)cc2)n1. The van der Waals surface area contributed by atoms with Crippen molar-refractivity contribution in [3.63, 3.8) is 0 Å². The highest BCUT2D eigenvalue weighted by Crippen LogP contribution is 2.25. The molecule has 0 spiro atoms. The lowest BCUT2D eigenvalue weighted by molar-refractivity contribution is -0.118. The molecule has 0 atom stereocenters. The number of thiazole rings is 1. The first-order chi connectivity index (χ1) is 13.9. The lowest BCUT2D eigenvalue weighted by Crippen LogP contribution is -2.15. The molecule has 0 saturated heterocycles. The highest BCUT2D eigenvalue weighted by atomic mass is 35.5. The second-order valence-corrected chi connectivity index (χ2v) is 9.52.